The van der Waals surface area contributed by atoms with Crippen molar-refractivity contribution in [3.63, 3.8) is 0 Å². The molecule has 3 rings (SSSR count). The molecule has 41 heavy (non-hydrogen) atoms. The summed E-state index contributed by atoms with van der Waals surface area (Å²) in [6, 6.07) is 6.64. The molecule has 1 saturated heterocycles. The van der Waals surface area contributed by atoms with Gasteiger partial charge in [0.25, 0.3) is 5.91 Å². The third-order valence-corrected chi connectivity index (χ3v) is 7.16. The van der Waals surface area contributed by atoms with Crippen molar-refractivity contribution in [3.8, 4) is 0 Å². The first-order valence-electron chi connectivity index (χ1n) is 13.1. The predicted octanol–water partition coefficient (Wildman–Crippen LogP) is 5.36. The zero-order valence-electron chi connectivity index (χ0n) is 23.2. The maximum atomic E-state index is 14.9. The fourth-order valence-corrected chi connectivity index (χ4v) is 4.62. The number of rotatable bonds is 8. The zero-order chi connectivity index (χ0) is 30.7. The second-order valence-corrected chi connectivity index (χ2v) is 11.6. The highest BCUT2D eigenvalue weighted by Gasteiger charge is 2.32. The summed E-state index contributed by atoms with van der Waals surface area (Å²) in [6.45, 7) is 7.29. The van der Waals surface area contributed by atoms with Crippen LogP contribution in [0.4, 0.5) is 33.3 Å². The summed E-state index contributed by atoms with van der Waals surface area (Å²) in [4.78, 5) is 28.7. The van der Waals surface area contributed by atoms with Gasteiger partial charge in [0.05, 0.1) is 23.4 Å². The number of carbonyl (C=O) groups excluding carboxylic acids is 2. The molecule has 1 fully saturated rings. The van der Waals surface area contributed by atoms with E-state index < -0.39 is 59.7 Å². The van der Waals surface area contributed by atoms with Crippen molar-refractivity contribution in [2.45, 2.75) is 59.0 Å². The SMILES string of the molecule is C[C@@H]1CN(c2cc(Cl)ccc2NC(=O)c2ccc(CNC(=O)C(O)C(C)(C)C)c(F)c2F)CCN1CCC(F)(F)F. The highest BCUT2D eigenvalue weighted by molar-refractivity contribution is 6.31. The lowest BCUT2D eigenvalue weighted by molar-refractivity contribution is -0.139. The summed E-state index contributed by atoms with van der Waals surface area (Å²) in [5, 5.41) is 15.3. The molecule has 1 aliphatic rings. The van der Waals surface area contributed by atoms with Crippen molar-refractivity contribution in [3.05, 3.63) is 58.1 Å². The topological polar surface area (TPSA) is 84.9 Å². The molecule has 7 nitrogen and oxygen atoms in total. The Morgan fingerprint density at radius 1 is 1.10 bits per heavy atom. The minimum absolute atomic E-state index is 0.126. The Morgan fingerprint density at radius 3 is 2.39 bits per heavy atom. The lowest BCUT2D eigenvalue weighted by Gasteiger charge is -2.41. The molecule has 13 heteroatoms. The molecule has 0 aromatic heterocycles. The molecular weight excluding hydrogens is 571 g/mol. The number of aliphatic hydroxyl groups is 1. The van der Waals surface area contributed by atoms with Crippen LogP contribution >= 0.6 is 11.6 Å². The predicted molar refractivity (Wildman–Crippen MR) is 147 cm³/mol. The number of benzene rings is 2. The van der Waals surface area contributed by atoms with E-state index in [-0.39, 0.29) is 23.8 Å². The molecule has 2 amide bonds. The number of piperazine rings is 1. The fourth-order valence-electron chi connectivity index (χ4n) is 4.45. The highest BCUT2D eigenvalue weighted by Crippen LogP contribution is 2.32. The number of nitrogens with zero attached hydrogens (tertiary/aromatic N) is 2. The Labute approximate surface area is 240 Å². The molecule has 0 spiro atoms. The van der Waals surface area contributed by atoms with E-state index in [1.165, 1.54) is 18.2 Å². The highest BCUT2D eigenvalue weighted by atomic mass is 35.5. The van der Waals surface area contributed by atoms with E-state index in [0.717, 1.165) is 6.07 Å². The standard InChI is InChI=1S/C28H34ClF5N4O3/c1-16-15-38(12-11-37(16)10-9-28(32,33)34)21-13-18(29)6-8-20(21)36-25(40)19-7-5-17(22(30)23(19)31)14-35-26(41)24(39)27(2,3)4/h5-8,13,16,24,39H,9-12,14-15H2,1-4H3,(H,35,41)(H,36,40)/t16-,24?/m1/s1. The van der Waals surface area contributed by atoms with E-state index in [0.29, 0.717) is 30.3 Å². The average molecular weight is 605 g/mol. The minimum atomic E-state index is -4.25. The zero-order valence-corrected chi connectivity index (χ0v) is 24.0. The summed E-state index contributed by atoms with van der Waals surface area (Å²) in [5.74, 6) is -4.40. The summed E-state index contributed by atoms with van der Waals surface area (Å²) in [6.07, 6.45) is -6.53. The normalized spacial score (nSPS) is 17.3. The van der Waals surface area contributed by atoms with E-state index in [1.54, 1.807) is 38.7 Å². The third-order valence-electron chi connectivity index (χ3n) is 6.92. The number of hydrogen-bond donors (Lipinski definition) is 3. The van der Waals surface area contributed by atoms with Gasteiger partial charge in [0.2, 0.25) is 5.91 Å². The van der Waals surface area contributed by atoms with Crippen LogP contribution in [0.2, 0.25) is 5.02 Å². The van der Waals surface area contributed by atoms with Crippen LogP contribution in [0.1, 0.15) is 50.0 Å². The summed E-state index contributed by atoms with van der Waals surface area (Å²) < 4.78 is 67.8. The first kappa shape index (κ1) is 32.6. The van der Waals surface area contributed by atoms with Crippen LogP contribution in [0.15, 0.2) is 30.3 Å². The smallest absolute Gasteiger partial charge is 0.383 e. The van der Waals surface area contributed by atoms with Gasteiger partial charge in [0.15, 0.2) is 11.6 Å². The largest absolute Gasteiger partial charge is 0.390 e. The molecule has 2 aromatic rings. The molecule has 0 radical (unpaired) electrons. The van der Waals surface area contributed by atoms with E-state index in [2.05, 4.69) is 10.6 Å². The van der Waals surface area contributed by atoms with Crippen molar-refractivity contribution in [1.29, 1.82) is 0 Å². The van der Waals surface area contributed by atoms with E-state index in [1.807, 2.05) is 4.90 Å². The Hall–Kier alpha value is -2.96. The van der Waals surface area contributed by atoms with Crippen LogP contribution < -0.4 is 15.5 Å². The van der Waals surface area contributed by atoms with Crippen LogP contribution in [0.25, 0.3) is 0 Å². The second-order valence-electron chi connectivity index (χ2n) is 11.2. The number of amides is 2. The van der Waals surface area contributed by atoms with Crippen molar-refractivity contribution in [1.82, 2.24) is 10.2 Å². The molecule has 226 valence electrons. The van der Waals surface area contributed by atoms with Gasteiger partial charge in [0.1, 0.15) is 6.10 Å². The van der Waals surface area contributed by atoms with Crippen molar-refractivity contribution in [2.75, 3.05) is 36.4 Å². The van der Waals surface area contributed by atoms with E-state index in [4.69, 9.17) is 11.6 Å². The molecule has 0 aliphatic carbocycles. The summed E-state index contributed by atoms with van der Waals surface area (Å²) >= 11 is 6.18. The Balaban J connectivity index is 1.73. The first-order valence-corrected chi connectivity index (χ1v) is 13.4. The molecule has 1 heterocycles. The lowest BCUT2D eigenvalue weighted by atomic mass is 9.88. The van der Waals surface area contributed by atoms with Crippen LogP contribution in [-0.2, 0) is 11.3 Å². The monoisotopic (exact) mass is 604 g/mol. The third kappa shape index (κ3) is 8.52. The summed E-state index contributed by atoms with van der Waals surface area (Å²) in [5.41, 5.74) is -0.778. The molecule has 1 aliphatic heterocycles. The number of carbonyl (C=O) groups is 2. The number of alkyl halides is 3. The van der Waals surface area contributed by atoms with Crippen molar-refractivity contribution >= 4 is 34.8 Å². The van der Waals surface area contributed by atoms with Gasteiger partial charge in [-0.1, -0.05) is 38.4 Å². The first-order chi connectivity index (χ1) is 19.0. The maximum absolute atomic E-state index is 14.9. The number of nitrogens with one attached hydrogen (secondary N) is 2. The average Bonchev–Trinajstić information content (AvgIpc) is 2.88. The lowest BCUT2D eigenvalue weighted by Crippen LogP contribution is -2.52. The fraction of sp³-hybridized carbons (Fsp3) is 0.500. The Morgan fingerprint density at radius 2 is 1.78 bits per heavy atom. The summed E-state index contributed by atoms with van der Waals surface area (Å²) in [7, 11) is 0. The minimum Gasteiger partial charge on any atom is -0.383 e. The van der Waals surface area contributed by atoms with Crippen LogP contribution in [0.3, 0.4) is 0 Å². The molecule has 3 N–H and O–H groups in total. The van der Waals surface area contributed by atoms with E-state index in [9.17, 15) is 36.6 Å². The van der Waals surface area contributed by atoms with Gasteiger partial charge in [0, 0.05) is 49.4 Å². The molecule has 0 saturated carbocycles. The van der Waals surface area contributed by atoms with Crippen molar-refractivity contribution < 1.29 is 36.6 Å². The Bertz CT molecular complexity index is 1270. The number of hydrogen-bond acceptors (Lipinski definition) is 5. The second kappa shape index (κ2) is 12.9. The van der Waals surface area contributed by atoms with Gasteiger partial charge < -0.3 is 20.6 Å². The van der Waals surface area contributed by atoms with Crippen LogP contribution in [-0.4, -0.2) is 66.3 Å². The van der Waals surface area contributed by atoms with Gasteiger partial charge >= 0.3 is 6.18 Å². The number of aliphatic hydroxyl groups excluding tert-OH is 1. The molecule has 1 unspecified atom stereocenters. The van der Waals surface area contributed by atoms with Crippen molar-refractivity contribution in [2.24, 2.45) is 5.41 Å². The molecule has 0 bridgehead atoms. The molecule has 2 aromatic carbocycles. The maximum Gasteiger partial charge on any atom is 0.390 e. The molecular formula is C28H34ClF5N4O3. The van der Waals surface area contributed by atoms with Crippen LogP contribution in [0, 0.1) is 17.0 Å². The number of anilines is 2. The van der Waals surface area contributed by atoms with Gasteiger partial charge in [-0.2, -0.15) is 13.2 Å². The number of halogens is 6. The van der Waals surface area contributed by atoms with Gasteiger partial charge in [-0.3, -0.25) is 14.5 Å². The van der Waals surface area contributed by atoms with Crippen LogP contribution in [0.5, 0.6) is 0 Å². The van der Waals surface area contributed by atoms with Gasteiger partial charge in [-0.05, 0) is 36.6 Å². The van der Waals surface area contributed by atoms with Gasteiger partial charge in [-0.15, -0.1) is 0 Å². The quantitative estimate of drug-likeness (QED) is 0.354. The van der Waals surface area contributed by atoms with Gasteiger partial charge in [-0.25, -0.2) is 8.78 Å². The van der Waals surface area contributed by atoms with E-state index >= 15 is 0 Å². The molecule has 2 atom stereocenters. The Kier molecular flexibility index (Phi) is 10.3.